The maximum absolute atomic E-state index is 14.4. The summed E-state index contributed by atoms with van der Waals surface area (Å²) in [5.74, 6) is 1.94. The predicted octanol–water partition coefficient (Wildman–Crippen LogP) is 5.73. The zero-order valence-corrected chi connectivity index (χ0v) is 18.2. The van der Waals surface area contributed by atoms with Gasteiger partial charge in [-0.2, -0.15) is 0 Å². The molecule has 6 heteroatoms. The number of carbonyl (C=O) groups excluding carboxylic acids is 1. The van der Waals surface area contributed by atoms with Crippen LogP contribution in [-0.2, 0) is 11.2 Å². The van der Waals surface area contributed by atoms with Crippen LogP contribution in [-0.4, -0.2) is 16.1 Å². The summed E-state index contributed by atoms with van der Waals surface area (Å²) in [6.45, 7) is 6.85. The van der Waals surface area contributed by atoms with E-state index < -0.39 is 0 Å². The van der Waals surface area contributed by atoms with E-state index in [0.29, 0.717) is 35.2 Å². The quantitative estimate of drug-likeness (QED) is 0.636. The van der Waals surface area contributed by atoms with Gasteiger partial charge in [0, 0.05) is 6.42 Å². The topological polar surface area (TPSA) is 54.9 Å². The van der Waals surface area contributed by atoms with E-state index in [9.17, 15) is 9.18 Å². The Bertz CT molecular complexity index is 975. The second kappa shape index (κ2) is 7.56. The Morgan fingerprint density at radius 3 is 3.07 bits per heavy atom. The average molecular weight is 426 g/mol. The number of aromatic nitrogens is 2. The molecule has 1 aromatic heterocycles. The molecule has 30 heavy (non-hydrogen) atoms. The summed E-state index contributed by atoms with van der Waals surface area (Å²) in [6.07, 6.45) is 6.45. The Labute approximate surface area is 181 Å². The SMILES string of the molecule is C=C1C[C@@H](CCC(=O)Nc2nncs2)C2C3CCc4c(F)cccc4C3CC[C@]12C. The van der Waals surface area contributed by atoms with Gasteiger partial charge in [0.2, 0.25) is 11.0 Å². The number of fused-ring (bicyclic) bond motifs is 5. The highest BCUT2D eigenvalue weighted by molar-refractivity contribution is 7.13. The lowest BCUT2D eigenvalue weighted by molar-refractivity contribution is -0.116. The molecule has 2 aromatic rings. The van der Waals surface area contributed by atoms with E-state index in [2.05, 4.69) is 35.1 Å². The fourth-order valence-electron chi connectivity index (χ4n) is 6.79. The minimum atomic E-state index is -0.0417. The van der Waals surface area contributed by atoms with Gasteiger partial charge in [-0.1, -0.05) is 42.5 Å². The Kier molecular flexibility index (Phi) is 5.00. The highest BCUT2D eigenvalue weighted by Crippen LogP contribution is 2.65. The summed E-state index contributed by atoms with van der Waals surface area (Å²) in [7, 11) is 0. The molecule has 2 saturated carbocycles. The number of amides is 1. The lowest BCUT2D eigenvalue weighted by atomic mass is 9.53. The first-order valence-electron chi connectivity index (χ1n) is 11.0. The second-order valence-electron chi connectivity index (χ2n) is 9.50. The van der Waals surface area contributed by atoms with E-state index in [1.807, 2.05) is 6.07 Å². The van der Waals surface area contributed by atoms with Crippen molar-refractivity contribution >= 4 is 22.4 Å². The van der Waals surface area contributed by atoms with Gasteiger partial charge in [0.1, 0.15) is 11.3 Å². The summed E-state index contributed by atoms with van der Waals surface area (Å²) in [5, 5.41) is 11.1. The van der Waals surface area contributed by atoms with Crippen molar-refractivity contribution in [3.05, 3.63) is 52.8 Å². The van der Waals surface area contributed by atoms with Crippen LogP contribution in [0.4, 0.5) is 9.52 Å². The largest absolute Gasteiger partial charge is 0.301 e. The molecule has 1 N–H and O–H groups in total. The zero-order valence-electron chi connectivity index (χ0n) is 17.4. The minimum Gasteiger partial charge on any atom is -0.301 e. The molecule has 0 saturated heterocycles. The van der Waals surface area contributed by atoms with Crippen LogP contribution >= 0.6 is 11.3 Å². The summed E-state index contributed by atoms with van der Waals surface area (Å²) in [4.78, 5) is 12.4. The molecule has 3 aliphatic rings. The van der Waals surface area contributed by atoms with Crippen molar-refractivity contribution in [3.8, 4) is 0 Å². The summed E-state index contributed by atoms with van der Waals surface area (Å²) in [5.41, 5.74) is 5.29. The Hall–Kier alpha value is -2.08. The van der Waals surface area contributed by atoms with E-state index in [1.54, 1.807) is 11.6 Å². The molecule has 158 valence electrons. The van der Waals surface area contributed by atoms with Crippen LogP contribution in [0.15, 0.2) is 35.9 Å². The molecular formula is C24H28FN3OS. The van der Waals surface area contributed by atoms with Gasteiger partial charge in [-0.05, 0) is 84.8 Å². The minimum absolute atomic E-state index is 0.00869. The number of benzene rings is 1. The van der Waals surface area contributed by atoms with Gasteiger partial charge in [-0.3, -0.25) is 4.79 Å². The standard InChI is InChI=1S/C24H28FN3OS/c1-14-12-15(6-9-21(29)27-23-28-26-13-30-23)22-19-8-7-18-16(4-3-5-20(18)25)17(19)10-11-24(14,22)2/h3-5,13,15,17,19,22H,1,6-12H2,2H3,(H,27,28,29)/t15-,17?,19?,22?,24-/m1/s1. The monoisotopic (exact) mass is 425 g/mol. The fourth-order valence-corrected chi connectivity index (χ4v) is 7.25. The van der Waals surface area contributed by atoms with Crippen LogP contribution in [0.5, 0.6) is 0 Å². The number of rotatable bonds is 4. The number of hydrogen-bond acceptors (Lipinski definition) is 4. The second-order valence-corrected chi connectivity index (χ2v) is 10.3. The molecule has 0 aliphatic heterocycles. The van der Waals surface area contributed by atoms with Crippen molar-refractivity contribution in [3.63, 3.8) is 0 Å². The first-order valence-corrected chi connectivity index (χ1v) is 11.9. The Balaban J connectivity index is 1.36. The molecule has 3 unspecified atom stereocenters. The van der Waals surface area contributed by atoms with E-state index in [4.69, 9.17) is 0 Å². The normalized spacial score (nSPS) is 32.3. The molecule has 3 aliphatic carbocycles. The number of anilines is 1. The number of allylic oxidation sites excluding steroid dienone is 1. The predicted molar refractivity (Wildman–Crippen MR) is 117 cm³/mol. The van der Waals surface area contributed by atoms with Crippen molar-refractivity contribution in [1.82, 2.24) is 10.2 Å². The van der Waals surface area contributed by atoms with Crippen LogP contribution in [0.3, 0.4) is 0 Å². The maximum Gasteiger partial charge on any atom is 0.226 e. The number of carbonyl (C=O) groups is 1. The van der Waals surface area contributed by atoms with Crippen molar-refractivity contribution in [2.75, 3.05) is 5.32 Å². The smallest absolute Gasteiger partial charge is 0.226 e. The van der Waals surface area contributed by atoms with E-state index in [-0.39, 0.29) is 17.1 Å². The lowest BCUT2D eigenvalue weighted by Crippen LogP contribution is -2.42. The Morgan fingerprint density at radius 1 is 1.40 bits per heavy atom. The van der Waals surface area contributed by atoms with Crippen molar-refractivity contribution in [2.24, 2.45) is 23.2 Å². The molecule has 2 fully saturated rings. The third kappa shape index (κ3) is 3.20. The maximum atomic E-state index is 14.4. The molecular weight excluding hydrogens is 397 g/mol. The van der Waals surface area contributed by atoms with Gasteiger partial charge in [0.25, 0.3) is 0 Å². The average Bonchev–Trinajstić information content (AvgIpc) is 3.32. The fraction of sp³-hybridized carbons (Fsp3) is 0.542. The van der Waals surface area contributed by atoms with Crippen LogP contribution < -0.4 is 5.32 Å². The molecule has 0 spiro atoms. The molecule has 4 nitrogen and oxygen atoms in total. The molecule has 1 heterocycles. The molecule has 1 amide bonds. The molecule has 0 bridgehead atoms. The molecule has 1 aromatic carbocycles. The van der Waals surface area contributed by atoms with Crippen LogP contribution in [0.1, 0.15) is 62.5 Å². The summed E-state index contributed by atoms with van der Waals surface area (Å²) in [6, 6.07) is 5.61. The van der Waals surface area contributed by atoms with Crippen LogP contribution in [0.2, 0.25) is 0 Å². The van der Waals surface area contributed by atoms with Crippen molar-refractivity contribution in [2.45, 2.75) is 57.8 Å². The highest BCUT2D eigenvalue weighted by Gasteiger charge is 2.55. The van der Waals surface area contributed by atoms with Gasteiger partial charge in [0.15, 0.2) is 0 Å². The molecule has 0 radical (unpaired) electrons. The van der Waals surface area contributed by atoms with Gasteiger partial charge in [-0.15, -0.1) is 10.2 Å². The zero-order chi connectivity index (χ0) is 20.9. The van der Waals surface area contributed by atoms with Crippen molar-refractivity contribution < 1.29 is 9.18 Å². The molecule has 5 rings (SSSR count). The molecule has 5 atom stereocenters. The third-order valence-corrected chi connectivity index (χ3v) is 8.75. The van der Waals surface area contributed by atoms with Crippen LogP contribution in [0, 0.1) is 29.0 Å². The lowest BCUT2D eigenvalue weighted by Gasteiger charge is -2.51. The number of nitrogens with zero attached hydrogens (tertiary/aromatic N) is 2. The van der Waals surface area contributed by atoms with Gasteiger partial charge in [0.05, 0.1) is 0 Å². The van der Waals surface area contributed by atoms with E-state index in [0.717, 1.165) is 44.1 Å². The van der Waals surface area contributed by atoms with Crippen LogP contribution in [0.25, 0.3) is 0 Å². The number of hydrogen-bond donors (Lipinski definition) is 1. The van der Waals surface area contributed by atoms with E-state index in [1.165, 1.54) is 22.5 Å². The highest BCUT2D eigenvalue weighted by atomic mass is 32.1. The third-order valence-electron chi connectivity index (χ3n) is 8.14. The van der Waals surface area contributed by atoms with E-state index >= 15 is 0 Å². The first-order chi connectivity index (χ1) is 14.5. The van der Waals surface area contributed by atoms with Crippen molar-refractivity contribution in [1.29, 1.82) is 0 Å². The summed E-state index contributed by atoms with van der Waals surface area (Å²) >= 11 is 1.34. The van der Waals surface area contributed by atoms with Gasteiger partial charge >= 0.3 is 0 Å². The van der Waals surface area contributed by atoms with Gasteiger partial charge < -0.3 is 5.32 Å². The number of halogens is 1. The number of nitrogens with one attached hydrogen (secondary N) is 1. The first kappa shape index (κ1) is 19.9. The van der Waals surface area contributed by atoms with Gasteiger partial charge in [-0.25, -0.2) is 4.39 Å². The Morgan fingerprint density at radius 2 is 2.27 bits per heavy atom. The summed E-state index contributed by atoms with van der Waals surface area (Å²) < 4.78 is 14.4.